The zero-order valence-electron chi connectivity index (χ0n) is 10.2. The second kappa shape index (κ2) is 5.50. The number of nitrogens with one attached hydrogen (secondary N) is 1. The Kier molecular flexibility index (Phi) is 4.01. The van der Waals surface area contributed by atoms with Crippen LogP contribution in [0, 0.1) is 11.3 Å². The van der Waals surface area contributed by atoms with Crippen molar-refractivity contribution in [3.8, 4) is 6.07 Å². The lowest BCUT2D eigenvalue weighted by molar-refractivity contribution is -0.124. The molecule has 1 N–H and O–H groups in total. The van der Waals surface area contributed by atoms with E-state index in [0.717, 1.165) is 45.1 Å². The Morgan fingerprint density at radius 1 is 1.35 bits per heavy atom. The van der Waals surface area contributed by atoms with Gasteiger partial charge in [-0.25, -0.2) is 0 Å². The molecule has 0 aromatic heterocycles. The lowest BCUT2D eigenvalue weighted by Gasteiger charge is -2.31. The SMILES string of the molecule is N#CC1(NC(=O)CC2CCCO2)CCCCC1. The molecule has 1 saturated carbocycles. The van der Waals surface area contributed by atoms with Crippen LogP contribution in [0.3, 0.4) is 0 Å². The third-order valence-corrected chi connectivity index (χ3v) is 3.74. The molecule has 1 amide bonds. The molecule has 0 aromatic carbocycles. The fraction of sp³-hybridized carbons (Fsp3) is 0.846. The van der Waals surface area contributed by atoms with Gasteiger partial charge < -0.3 is 10.1 Å². The Bertz CT molecular complexity index is 310. The minimum absolute atomic E-state index is 0.0275. The summed E-state index contributed by atoms with van der Waals surface area (Å²) in [6.07, 6.45) is 7.31. The predicted molar refractivity (Wildman–Crippen MR) is 63.2 cm³/mol. The van der Waals surface area contributed by atoms with Crippen LogP contribution in [-0.4, -0.2) is 24.2 Å². The van der Waals surface area contributed by atoms with Crippen molar-refractivity contribution in [3.05, 3.63) is 0 Å². The Morgan fingerprint density at radius 3 is 2.71 bits per heavy atom. The summed E-state index contributed by atoms with van der Waals surface area (Å²) in [5, 5.41) is 12.2. The third-order valence-electron chi connectivity index (χ3n) is 3.74. The molecule has 0 aromatic rings. The third kappa shape index (κ3) is 3.19. The first-order chi connectivity index (χ1) is 8.24. The molecule has 0 spiro atoms. The van der Waals surface area contributed by atoms with Gasteiger partial charge in [0.15, 0.2) is 0 Å². The van der Waals surface area contributed by atoms with E-state index in [1.165, 1.54) is 6.42 Å². The number of hydrogen-bond donors (Lipinski definition) is 1. The standard InChI is InChI=1S/C13H20N2O2/c14-10-13(6-2-1-3-7-13)15-12(16)9-11-5-4-8-17-11/h11H,1-9H2,(H,15,16). The average molecular weight is 236 g/mol. The van der Waals surface area contributed by atoms with Gasteiger partial charge in [0, 0.05) is 6.61 Å². The summed E-state index contributed by atoms with van der Waals surface area (Å²) in [5.41, 5.74) is -0.603. The quantitative estimate of drug-likeness (QED) is 0.814. The summed E-state index contributed by atoms with van der Waals surface area (Å²) < 4.78 is 5.44. The molecule has 1 heterocycles. The summed E-state index contributed by atoms with van der Waals surface area (Å²) in [7, 11) is 0. The maximum Gasteiger partial charge on any atom is 0.223 e. The van der Waals surface area contributed by atoms with E-state index in [1.54, 1.807) is 0 Å². The van der Waals surface area contributed by atoms with E-state index in [9.17, 15) is 10.1 Å². The normalized spacial score (nSPS) is 27.4. The van der Waals surface area contributed by atoms with E-state index in [4.69, 9.17) is 4.74 Å². The maximum atomic E-state index is 11.9. The van der Waals surface area contributed by atoms with Crippen LogP contribution in [0.15, 0.2) is 0 Å². The van der Waals surface area contributed by atoms with Gasteiger partial charge in [0.05, 0.1) is 18.6 Å². The molecule has 4 nitrogen and oxygen atoms in total. The number of nitriles is 1. The number of carbonyl (C=O) groups excluding carboxylic acids is 1. The van der Waals surface area contributed by atoms with Crippen LogP contribution < -0.4 is 5.32 Å². The summed E-state index contributed by atoms with van der Waals surface area (Å²) in [4.78, 5) is 11.9. The first-order valence-corrected chi connectivity index (χ1v) is 6.58. The molecule has 17 heavy (non-hydrogen) atoms. The summed E-state index contributed by atoms with van der Waals surface area (Å²) >= 11 is 0. The fourth-order valence-corrected chi connectivity index (χ4v) is 2.75. The largest absolute Gasteiger partial charge is 0.378 e. The molecule has 94 valence electrons. The number of ether oxygens (including phenoxy) is 1. The molecule has 0 bridgehead atoms. The number of hydrogen-bond acceptors (Lipinski definition) is 3. The number of amides is 1. The molecular formula is C13H20N2O2. The summed E-state index contributed by atoms with van der Waals surface area (Å²) in [6.45, 7) is 0.765. The Hall–Kier alpha value is -1.08. The van der Waals surface area contributed by atoms with Crippen molar-refractivity contribution < 1.29 is 9.53 Å². The van der Waals surface area contributed by atoms with Gasteiger partial charge in [-0.3, -0.25) is 4.79 Å². The highest BCUT2D eigenvalue weighted by Crippen LogP contribution is 2.28. The Morgan fingerprint density at radius 2 is 2.12 bits per heavy atom. The van der Waals surface area contributed by atoms with Crippen LogP contribution >= 0.6 is 0 Å². The summed E-state index contributed by atoms with van der Waals surface area (Å²) in [6, 6.07) is 2.30. The van der Waals surface area contributed by atoms with E-state index >= 15 is 0 Å². The van der Waals surface area contributed by atoms with Crippen LogP contribution in [0.2, 0.25) is 0 Å². The highest BCUT2D eigenvalue weighted by molar-refractivity contribution is 5.77. The maximum absolute atomic E-state index is 11.9. The Balaban J connectivity index is 1.85. The van der Waals surface area contributed by atoms with Crippen LogP contribution in [0.25, 0.3) is 0 Å². The van der Waals surface area contributed by atoms with Crippen LogP contribution in [0.4, 0.5) is 0 Å². The van der Waals surface area contributed by atoms with Crippen molar-refractivity contribution in [1.29, 1.82) is 5.26 Å². The molecule has 2 rings (SSSR count). The van der Waals surface area contributed by atoms with Gasteiger partial charge in [-0.15, -0.1) is 0 Å². The molecule has 4 heteroatoms. The van der Waals surface area contributed by atoms with Crippen molar-refractivity contribution in [2.24, 2.45) is 0 Å². The monoisotopic (exact) mass is 236 g/mol. The second-order valence-corrected chi connectivity index (χ2v) is 5.14. The Labute approximate surface area is 102 Å². The first kappa shape index (κ1) is 12.4. The van der Waals surface area contributed by atoms with Gasteiger partial charge in [-0.1, -0.05) is 19.3 Å². The predicted octanol–water partition coefficient (Wildman–Crippen LogP) is 1.90. The molecule has 0 radical (unpaired) electrons. The minimum Gasteiger partial charge on any atom is -0.378 e. The topological polar surface area (TPSA) is 62.1 Å². The van der Waals surface area contributed by atoms with Crippen LogP contribution in [0.1, 0.15) is 51.4 Å². The number of rotatable bonds is 3. The zero-order chi connectivity index (χ0) is 12.1. The van der Waals surface area contributed by atoms with Crippen molar-refractivity contribution in [2.75, 3.05) is 6.61 Å². The van der Waals surface area contributed by atoms with E-state index in [-0.39, 0.29) is 12.0 Å². The van der Waals surface area contributed by atoms with E-state index in [0.29, 0.717) is 6.42 Å². The first-order valence-electron chi connectivity index (χ1n) is 6.58. The molecule has 1 aliphatic heterocycles. The number of nitrogens with zero attached hydrogens (tertiary/aromatic N) is 1. The molecule has 1 unspecified atom stereocenters. The van der Waals surface area contributed by atoms with Gasteiger partial charge in [0.25, 0.3) is 0 Å². The average Bonchev–Trinajstić information content (AvgIpc) is 2.83. The van der Waals surface area contributed by atoms with Crippen molar-refractivity contribution >= 4 is 5.91 Å². The van der Waals surface area contributed by atoms with Crippen LogP contribution in [0.5, 0.6) is 0 Å². The van der Waals surface area contributed by atoms with Gasteiger partial charge >= 0.3 is 0 Å². The highest BCUT2D eigenvalue weighted by atomic mass is 16.5. The molecule has 1 atom stereocenters. The molecule has 1 aliphatic carbocycles. The van der Waals surface area contributed by atoms with Crippen molar-refractivity contribution in [2.45, 2.75) is 63.0 Å². The van der Waals surface area contributed by atoms with Gasteiger partial charge in [-0.05, 0) is 25.7 Å². The molecule has 2 fully saturated rings. The smallest absolute Gasteiger partial charge is 0.223 e. The number of carbonyl (C=O) groups is 1. The van der Waals surface area contributed by atoms with Gasteiger partial charge in [0.2, 0.25) is 5.91 Å². The second-order valence-electron chi connectivity index (χ2n) is 5.14. The van der Waals surface area contributed by atoms with E-state index in [1.807, 2.05) is 0 Å². The van der Waals surface area contributed by atoms with Crippen molar-refractivity contribution in [1.82, 2.24) is 5.32 Å². The summed E-state index contributed by atoms with van der Waals surface area (Å²) in [5.74, 6) is -0.0275. The highest BCUT2D eigenvalue weighted by Gasteiger charge is 2.34. The lowest BCUT2D eigenvalue weighted by atomic mass is 9.82. The molecule has 2 aliphatic rings. The van der Waals surface area contributed by atoms with E-state index in [2.05, 4.69) is 11.4 Å². The molecule has 1 saturated heterocycles. The van der Waals surface area contributed by atoms with E-state index < -0.39 is 5.54 Å². The van der Waals surface area contributed by atoms with Crippen LogP contribution in [-0.2, 0) is 9.53 Å². The van der Waals surface area contributed by atoms with Crippen molar-refractivity contribution in [3.63, 3.8) is 0 Å². The van der Waals surface area contributed by atoms with Gasteiger partial charge in [-0.2, -0.15) is 5.26 Å². The zero-order valence-corrected chi connectivity index (χ0v) is 10.2. The lowest BCUT2D eigenvalue weighted by Crippen LogP contribution is -2.49. The van der Waals surface area contributed by atoms with Gasteiger partial charge in [0.1, 0.15) is 5.54 Å². The minimum atomic E-state index is -0.603. The molecular weight excluding hydrogens is 216 g/mol. The fourth-order valence-electron chi connectivity index (χ4n) is 2.75.